The summed E-state index contributed by atoms with van der Waals surface area (Å²) in [6.45, 7) is 2.58. The standard InChI is InChI=1S/C17H26N4O4S/c1-24-15-4-2-13(3-5-15)10-19-11-14-7-9-25-16(14)6-8-20-17(26-18)12-21(22)23/h2-5,14,16,19H,6-12,18H2,1H3. The predicted molar refractivity (Wildman–Crippen MR) is 103 cm³/mol. The Morgan fingerprint density at radius 3 is 2.92 bits per heavy atom. The van der Waals surface area contributed by atoms with Crippen LogP contribution in [0.4, 0.5) is 0 Å². The van der Waals surface area contributed by atoms with E-state index in [2.05, 4.69) is 10.3 Å². The third-order valence-electron chi connectivity index (χ3n) is 4.34. The second-order valence-corrected chi connectivity index (χ2v) is 6.82. The van der Waals surface area contributed by atoms with E-state index in [0.717, 1.165) is 50.2 Å². The number of benzene rings is 1. The molecule has 3 N–H and O–H groups in total. The maximum atomic E-state index is 10.5. The largest absolute Gasteiger partial charge is 0.497 e. The minimum absolute atomic E-state index is 0.127. The number of ether oxygens (including phenoxy) is 2. The Bertz CT molecular complexity index is 597. The summed E-state index contributed by atoms with van der Waals surface area (Å²) < 4.78 is 11.0. The second-order valence-electron chi connectivity index (χ2n) is 6.11. The molecule has 0 saturated carbocycles. The van der Waals surface area contributed by atoms with Crippen molar-refractivity contribution >= 4 is 17.0 Å². The summed E-state index contributed by atoms with van der Waals surface area (Å²) in [5.74, 6) is 1.28. The van der Waals surface area contributed by atoms with Gasteiger partial charge in [0.15, 0.2) is 5.04 Å². The predicted octanol–water partition coefficient (Wildman–Crippen LogP) is 1.86. The lowest BCUT2D eigenvalue weighted by Gasteiger charge is -2.18. The van der Waals surface area contributed by atoms with Gasteiger partial charge in [-0.15, -0.1) is 0 Å². The molecule has 1 saturated heterocycles. The lowest BCUT2D eigenvalue weighted by atomic mass is 9.99. The molecule has 0 aromatic heterocycles. The zero-order chi connectivity index (χ0) is 18.8. The van der Waals surface area contributed by atoms with Gasteiger partial charge < -0.3 is 14.8 Å². The summed E-state index contributed by atoms with van der Waals surface area (Å²) in [6, 6.07) is 8.00. The van der Waals surface area contributed by atoms with E-state index in [1.807, 2.05) is 24.3 Å². The fraction of sp³-hybridized carbons (Fsp3) is 0.588. The fourth-order valence-electron chi connectivity index (χ4n) is 2.94. The average molecular weight is 382 g/mol. The van der Waals surface area contributed by atoms with Crippen LogP contribution < -0.4 is 15.2 Å². The summed E-state index contributed by atoms with van der Waals surface area (Å²) in [5.41, 5.74) is 1.20. The first-order chi connectivity index (χ1) is 12.6. The Morgan fingerprint density at radius 1 is 1.50 bits per heavy atom. The highest BCUT2D eigenvalue weighted by Gasteiger charge is 2.27. The van der Waals surface area contributed by atoms with Crippen LogP contribution >= 0.6 is 11.9 Å². The first-order valence-corrected chi connectivity index (χ1v) is 9.47. The van der Waals surface area contributed by atoms with Crippen LogP contribution in [0, 0.1) is 16.0 Å². The molecule has 2 atom stereocenters. The second kappa shape index (κ2) is 11.1. The number of methoxy groups -OCH3 is 1. The van der Waals surface area contributed by atoms with Crippen LogP contribution in [0.2, 0.25) is 0 Å². The minimum atomic E-state index is -0.420. The minimum Gasteiger partial charge on any atom is -0.497 e. The van der Waals surface area contributed by atoms with Crippen LogP contribution in [0.15, 0.2) is 29.3 Å². The molecule has 1 aromatic rings. The Hall–Kier alpha value is -1.68. The fourth-order valence-corrected chi connectivity index (χ4v) is 3.29. The summed E-state index contributed by atoms with van der Waals surface area (Å²) in [7, 11) is 1.66. The highest BCUT2D eigenvalue weighted by atomic mass is 32.2. The molecule has 0 aliphatic carbocycles. The highest BCUT2D eigenvalue weighted by Crippen LogP contribution is 2.23. The van der Waals surface area contributed by atoms with Crippen molar-refractivity contribution in [2.24, 2.45) is 16.0 Å². The lowest BCUT2D eigenvalue weighted by Crippen LogP contribution is -2.29. The molecule has 1 aromatic carbocycles. The maximum absolute atomic E-state index is 10.5. The summed E-state index contributed by atoms with van der Waals surface area (Å²) in [4.78, 5) is 14.3. The van der Waals surface area contributed by atoms with Crippen molar-refractivity contribution in [1.82, 2.24) is 5.32 Å². The van der Waals surface area contributed by atoms with Crippen molar-refractivity contribution in [3.63, 3.8) is 0 Å². The molecule has 1 fully saturated rings. The van der Waals surface area contributed by atoms with Gasteiger partial charge in [0, 0.05) is 31.2 Å². The van der Waals surface area contributed by atoms with Gasteiger partial charge in [-0.1, -0.05) is 12.1 Å². The van der Waals surface area contributed by atoms with Crippen LogP contribution in [-0.4, -0.2) is 49.4 Å². The van der Waals surface area contributed by atoms with Crippen molar-refractivity contribution in [2.75, 3.05) is 33.4 Å². The van der Waals surface area contributed by atoms with E-state index in [1.54, 1.807) is 7.11 Å². The van der Waals surface area contributed by atoms with Crippen molar-refractivity contribution < 1.29 is 14.4 Å². The molecule has 1 heterocycles. The molecule has 9 heteroatoms. The van der Waals surface area contributed by atoms with E-state index in [4.69, 9.17) is 14.6 Å². The molecule has 0 spiro atoms. The van der Waals surface area contributed by atoms with Gasteiger partial charge in [-0.25, -0.2) is 0 Å². The highest BCUT2D eigenvalue weighted by molar-refractivity contribution is 8.12. The number of rotatable bonds is 10. The van der Waals surface area contributed by atoms with Gasteiger partial charge in [0.05, 0.1) is 13.2 Å². The quantitative estimate of drug-likeness (QED) is 0.209. The van der Waals surface area contributed by atoms with Crippen LogP contribution in [0.5, 0.6) is 5.75 Å². The molecule has 1 aliphatic rings. The van der Waals surface area contributed by atoms with E-state index < -0.39 is 4.92 Å². The summed E-state index contributed by atoms with van der Waals surface area (Å²) in [6.07, 6.45) is 1.88. The molecule has 8 nitrogen and oxygen atoms in total. The van der Waals surface area contributed by atoms with Crippen LogP contribution in [0.25, 0.3) is 0 Å². The van der Waals surface area contributed by atoms with Crippen LogP contribution in [0.3, 0.4) is 0 Å². The number of nitrogens with zero attached hydrogens (tertiary/aromatic N) is 2. The zero-order valence-electron chi connectivity index (χ0n) is 14.9. The van der Waals surface area contributed by atoms with Gasteiger partial charge in [0.2, 0.25) is 0 Å². The molecule has 0 bridgehead atoms. The topological polar surface area (TPSA) is 112 Å². The van der Waals surface area contributed by atoms with Crippen LogP contribution in [-0.2, 0) is 11.3 Å². The number of nitro groups is 1. The molecule has 2 rings (SSSR count). The van der Waals surface area contributed by atoms with E-state index in [0.29, 0.717) is 17.5 Å². The van der Waals surface area contributed by atoms with Crippen molar-refractivity contribution in [1.29, 1.82) is 0 Å². The molecule has 1 aliphatic heterocycles. The zero-order valence-corrected chi connectivity index (χ0v) is 15.7. The van der Waals surface area contributed by atoms with Gasteiger partial charge in [-0.05, 0) is 48.4 Å². The third-order valence-corrected chi connectivity index (χ3v) is 4.87. The molecular formula is C17H26N4O4S. The summed E-state index contributed by atoms with van der Waals surface area (Å²) in [5, 5.41) is 19.8. The molecular weight excluding hydrogens is 356 g/mol. The molecule has 0 radical (unpaired) electrons. The smallest absolute Gasteiger partial charge is 0.252 e. The molecule has 2 unspecified atom stereocenters. The van der Waals surface area contributed by atoms with Gasteiger partial charge in [-0.2, -0.15) is 0 Å². The number of aliphatic imine (C=N–C) groups is 1. The number of nitrogens with two attached hydrogens (primary N) is 1. The molecule has 144 valence electrons. The number of hydrogen-bond acceptors (Lipinski definition) is 8. The van der Waals surface area contributed by atoms with E-state index in [9.17, 15) is 10.1 Å². The first kappa shape index (κ1) is 20.6. The number of nitrogens with one attached hydrogen (secondary N) is 1. The molecule has 26 heavy (non-hydrogen) atoms. The van der Waals surface area contributed by atoms with Gasteiger partial charge in [0.1, 0.15) is 5.75 Å². The average Bonchev–Trinajstić information content (AvgIpc) is 3.08. The lowest BCUT2D eigenvalue weighted by molar-refractivity contribution is -0.462. The van der Waals surface area contributed by atoms with Gasteiger partial charge in [-0.3, -0.25) is 20.2 Å². The van der Waals surface area contributed by atoms with Crippen LogP contribution in [0.1, 0.15) is 18.4 Å². The monoisotopic (exact) mass is 382 g/mol. The maximum Gasteiger partial charge on any atom is 0.252 e. The Morgan fingerprint density at radius 2 is 2.27 bits per heavy atom. The Kier molecular flexibility index (Phi) is 8.82. The van der Waals surface area contributed by atoms with Gasteiger partial charge >= 0.3 is 0 Å². The van der Waals surface area contributed by atoms with E-state index in [-0.39, 0.29) is 12.6 Å². The van der Waals surface area contributed by atoms with Crippen molar-refractivity contribution in [2.45, 2.75) is 25.5 Å². The Balaban J connectivity index is 1.73. The van der Waals surface area contributed by atoms with E-state index >= 15 is 0 Å². The van der Waals surface area contributed by atoms with Crippen molar-refractivity contribution in [3.05, 3.63) is 39.9 Å². The first-order valence-electron chi connectivity index (χ1n) is 8.59. The number of hydrogen-bond donors (Lipinski definition) is 2. The molecule has 0 amide bonds. The summed E-state index contributed by atoms with van der Waals surface area (Å²) >= 11 is 0.842. The third kappa shape index (κ3) is 6.91. The Labute approximate surface area is 157 Å². The van der Waals surface area contributed by atoms with Crippen molar-refractivity contribution in [3.8, 4) is 5.75 Å². The normalized spacial score (nSPS) is 20.3. The SMILES string of the molecule is COc1ccc(CNCC2CCOC2CCN=C(C[N+](=O)[O-])SN)cc1. The van der Waals surface area contributed by atoms with Gasteiger partial charge in [0.25, 0.3) is 6.54 Å². The van der Waals surface area contributed by atoms with E-state index in [1.165, 1.54) is 5.56 Å².